The van der Waals surface area contributed by atoms with Gasteiger partial charge in [0, 0.05) is 17.3 Å². The molecule has 0 aliphatic heterocycles. The average Bonchev–Trinajstić information content (AvgIpc) is 3.06. The normalized spacial score (nSPS) is 14.9. The maximum absolute atomic E-state index is 5.83. The standard InChI is InChI=1S/C11H13N5O/c1-17-10-5-7(4-8(12)6-10)11-13-14-15-16(11)9-2-3-9/h4-6,9H,2-3,12H2,1H3. The molecule has 1 aliphatic rings. The van der Waals surface area contributed by atoms with Crippen molar-refractivity contribution in [3.05, 3.63) is 18.2 Å². The largest absolute Gasteiger partial charge is 0.497 e. The number of nitrogen functional groups attached to an aromatic ring is 1. The quantitative estimate of drug-likeness (QED) is 0.804. The molecule has 1 aliphatic carbocycles. The fourth-order valence-corrected chi connectivity index (χ4v) is 1.82. The highest BCUT2D eigenvalue weighted by atomic mass is 16.5. The lowest BCUT2D eigenvalue weighted by atomic mass is 10.2. The van der Waals surface area contributed by atoms with Crippen LogP contribution in [0.2, 0.25) is 0 Å². The third-order valence-corrected chi connectivity index (χ3v) is 2.81. The Balaban J connectivity index is 2.07. The van der Waals surface area contributed by atoms with E-state index < -0.39 is 0 Å². The topological polar surface area (TPSA) is 78.8 Å². The van der Waals surface area contributed by atoms with Crippen molar-refractivity contribution >= 4 is 5.69 Å². The first-order valence-electron chi connectivity index (χ1n) is 5.51. The molecule has 17 heavy (non-hydrogen) atoms. The third-order valence-electron chi connectivity index (χ3n) is 2.81. The lowest BCUT2D eigenvalue weighted by Crippen LogP contribution is -2.00. The lowest BCUT2D eigenvalue weighted by Gasteiger charge is -2.06. The molecule has 6 heteroatoms. The summed E-state index contributed by atoms with van der Waals surface area (Å²) in [6, 6.07) is 5.95. The van der Waals surface area contributed by atoms with Crippen LogP contribution in [0.3, 0.4) is 0 Å². The van der Waals surface area contributed by atoms with E-state index in [9.17, 15) is 0 Å². The van der Waals surface area contributed by atoms with Gasteiger partial charge in [0.05, 0.1) is 13.2 Å². The molecular formula is C11H13N5O. The van der Waals surface area contributed by atoms with E-state index in [1.807, 2.05) is 16.8 Å². The van der Waals surface area contributed by atoms with Gasteiger partial charge in [0.1, 0.15) is 5.75 Å². The summed E-state index contributed by atoms with van der Waals surface area (Å²) in [5, 5.41) is 11.8. The predicted octanol–water partition coefficient (Wildman–Crippen LogP) is 1.27. The van der Waals surface area contributed by atoms with E-state index in [1.165, 1.54) is 0 Å². The van der Waals surface area contributed by atoms with Crippen LogP contribution < -0.4 is 10.5 Å². The molecule has 0 bridgehead atoms. The average molecular weight is 231 g/mol. The molecule has 6 nitrogen and oxygen atoms in total. The van der Waals surface area contributed by atoms with Gasteiger partial charge in [0.25, 0.3) is 0 Å². The highest BCUT2D eigenvalue weighted by molar-refractivity contribution is 5.64. The van der Waals surface area contributed by atoms with Crippen molar-refractivity contribution in [2.24, 2.45) is 0 Å². The van der Waals surface area contributed by atoms with E-state index in [-0.39, 0.29) is 0 Å². The number of nitrogens with zero attached hydrogens (tertiary/aromatic N) is 4. The first-order valence-corrected chi connectivity index (χ1v) is 5.51. The fraction of sp³-hybridized carbons (Fsp3) is 0.364. The summed E-state index contributed by atoms with van der Waals surface area (Å²) in [6.45, 7) is 0. The number of aromatic nitrogens is 4. The van der Waals surface area contributed by atoms with Gasteiger partial charge in [0.2, 0.25) is 0 Å². The summed E-state index contributed by atoms with van der Waals surface area (Å²) in [6.07, 6.45) is 2.27. The third kappa shape index (κ3) is 1.82. The maximum Gasteiger partial charge on any atom is 0.182 e. The molecule has 1 saturated carbocycles. The molecule has 1 aromatic heterocycles. The number of tetrazole rings is 1. The van der Waals surface area contributed by atoms with Crippen LogP contribution in [0.1, 0.15) is 18.9 Å². The smallest absolute Gasteiger partial charge is 0.182 e. The van der Waals surface area contributed by atoms with Crippen molar-refractivity contribution in [2.75, 3.05) is 12.8 Å². The van der Waals surface area contributed by atoms with Gasteiger partial charge in [-0.05, 0) is 35.4 Å². The van der Waals surface area contributed by atoms with Crippen molar-refractivity contribution in [1.82, 2.24) is 20.2 Å². The van der Waals surface area contributed by atoms with Crippen molar-refractivity contribution in [1.29, 1.82) is 0 Å². The Morgan fingerprint density at radius 1 is 1.35 bits per heavy atom. The number of hydrogen-bond donors (Lipinski definition) is 1. The summed E-state index contributed by atoms with van der Waals surface area (Å²) >= 11 is 0. The summed E-state index contributed by atoms with van der Waals surface area (Å²) in [7, 11) is 1.61. The van der Waals surface area contributed by atoms with Gasteiger partial charge in [-0.2, -0.15) is 0 Å². The van der Waals surface area contributed by atoms with E-state index in [0.717, 1.165) is 24.2 Å². The number of benzene rings is 1. The molecule has 0 spiro atoms. The lowest BCUT2D eigenvalue weighted by molar-refractivity contribution is 0.415. The van der Waals surface area contributed by atoms with Crippen LogP contribution in [0.4, 0.5) is 5.69 Å². The van der Waals surface area contributed by atoms with Gasteiger partial charge < -0.3 is 10.5 Å². The van der Waals surface area contributed by atoms with Crippen molar-refractivity contribution < 1.29 is 4.74 Å². The van der Waals surface area contributed by atoms with Crippen LogP contribution >= 0.6 is 0 Å². The van der Waals surface area contributed by atoms with Crippen LogP contribution in [0, 0.1) is 0 Å². The summed E-state index contributed by atoms with van der Waals surface area (Å²) in [4.78, 5) is 0. The van der Waals surface area contributed by atoms with E-state index in [1.54, 1.807) is 13.2 Å². The number of nitrogens with two attached hydrogens (primary N) is 1. The second kappa shape index (κ2) is 3.73. The Labute approximate surface area is 98.4 Å². The van der Waals surface area contributed by atoms with Gasteiger partial charge in [-0.1, -0.05) is 0 Å². The molecule has 0 atom stereocenters. The minimum atomic E-state index is 0.437. The summed E-state index contributed by atoms with van der Waals surface area (Å²) < 4.78 is 7.05. The van der Waals surface area contributed by atoms with Gasteiger partial charge in [-0.25, -0.2) is 4.68 Å². The molecule has 0 saturated heterocycles. The fourth-order valence-electron chi connectivity index (χ4n) is 1.82. The Bertz CT molecular complexity index is 547. The summed E-state index contributed by atoms with van der Waals surface area (Å²) in [5.41, 5.74) is 7.36. The molecule has 3 rings (SSSR count). The van der Waals surface area contributed by atoms with Crippen molar-refractivity contribution in [3.63, 3.8) is 0 Å². The zero-order valence-corrected chi connectivity index (χ0v) is 9.50. The molecule has 0 amide bonds. The van der Waals surface area contributed by atoms with E-state index in [2.05, 4.69) is 15.5 Å². The second-order valence-corrected chi connectivity index (χ2v) is 4.17. The van der Waals surface area contributed by atoms with Crippen molar-refractivity contribution in [3.8, 4) is 17.1 Å². The van der Waals surface area contributed by atoms with E-state index in [0.29, 0.717) is 17.5 Å². The molecule has 1 aromatic carbocycles. The van der Waals surface area contributed by atoms with Crippen LogP contribution in [-0.2, 0) is 0 Å². The second-order valence-electron chi connectivity index (χ2n) is 4.17. The highest BCUT2D eigenvalue weighted by Crippen LogP contribution is 2.37. The molecule has 1 fully saturated rings. The van der Waals surface area contributed by atoms with Gasteiger partial charge in [-0.15, -0.1) is 5.10 Å². The first-order chi connectivity index (χ1) is 8.28. The first kappa shape index (κ1) is 10.1. The zero-order valence-electron chi connectivity index (χ0n) is 9.50. The molecule has 1 heterocycles. The van der Waals surface area contributed by atoms with Crippen LogP contribution in [0.15, 0.2) is 18.2 Å². The van der Waals surface area contributed by atoms with E-state index >= 15 is 0 Å². The Morgan fingerprint density at radius 3 is 2.88 bits per heavy atom. The number of methoxy groups -OCH3 is 1. The van der Waals surface area contributed by atoms with Crippen LogP contribution in [-0.4, -0.2) is 27.3 Å². The summed E-state index contributed by atoms with van der Waals surface area (Å²) in [5.74, 6) is 1.46. The van der Waals surface area contributed by atoms with Gasteiger partial charge in [0.15, 0.2) is 5.82 Å². The molecule has 2 aromatic rings. The number of rotatable bonds is 3. The predicted molar refractivity (Wildman–Crippen MR) is 62.5 cm³/mol. The van der Waals surface area contributed by atoms with Gasteiger partial charge in [-0.3, -0.25) is 0 Å². The SMILES string of the molecule is COc1cc(N)cc(-c2nnnn2C2CC2)c1. The Hall–Kier alpha value is -2.11. The number of hydrogen-bond acceptors (Lipinski definition) is 5. The monoisotopic (exact) mass is 231 g/mol. The van der Waals surface area contributed by atoms with Crippen molar-refractivity contribution in [2.45, 2.75) is 18.9 Å². The van der Waals surface area contributed by atoms with Gasteiger partial charge >= 0.3 is 0 Å². The molecular weight excluding hydrogens is 218 g/mol. The van der Waals surface area contributed by atoms with Crippen LogP contribution in [0.5, 0.6) is 5.75 Å². The molecule has 2 N–H and O–H groups in total. The maximum atomic E-state index is 5.83. The minimum absolute atomic E-state index is 0.437. The molecule has 0 radical (unpaired) electrons. The molecule has 88 valence electrons. The highest BCUT2D eigenvalue weighted by Gasteiger charge is 2.28. The van der Waals surface area contributed by atoms with Crippen LogP contribution in [0.25, 0.3) is 11.4 Å². The Kier molecular flexibility index (Phi) is 2.21. The minimum Gasteiger partial charge on any atom is -0.497 e. The Morgan fingerprint density at radius 2 is 2.18 bits per heavy atom. The van der Waals surface area contributed by atoms with E-state index in [4.69, 9.17) is 10.5 Å². The zero-order chi connectivity index (χ0) is 11.8. The number of ether oxygens (including phenoxy) is 1. The number of anilines is 1. The molecule has 0 unspecified atom stereocenters.